The molecule has 0 atom stereocenters. The third kappa shape index (κ3) is 5.56. The maximum Gasteiger partial charge on any atom is 0.251 e. The minimum atomic E-state index is -0.529. The zero-order valence-electron chi connectivity index (χ0n) is 13.9. The van der Waals surface area contributed by atoms with Gasteiger partial charge in [0.25, 0.3) is 5.91 Å². The van der Waals surface area contributed by atoms with E-state index in [1.165, 1.54) is 12.1 Å². The van der Waals surface area contributed by atoms with E-state index < -0.39 is 23.5 Å². The first-order valence-corrected chi connectivity index (χ1v) is 8.10. The van der Waals surface area contributed by atoms with Crippen LogP contribution < -0.4 is 16.0 Å². The molecule has 0 aromatic heterocycles. The average molecular weight is 378 g/mol. The van der Waals surface area contributed by atoms with Gasteiger partial charge in [-0.15, -0.1) is 0 Å². The van der Waals surface area contributed by atoms with Crippen molar-refractivity contribution in [2.45, 2.75) is 6.92 Å². The van der Waals surface area contributed by atoms with Crippen LogP contribution in [0.2, 0.25) is 5.02 Å². The van der Waals surface area contributed by atoms with E-state index in [0.717, 1.165) is 17.7 Å². The van der Waals surface area contributed by atoms with Crippen LogP contribution in [0.25, 0.3) is 0 Å². The van der Waals surface area contributed by atoms with Gasteiger partial charge >= 0.3 is 0 Å². The quantitative estimate of drug-likeness (QED) is 0.721. The van der Waals surface area contributed by atoms with Gasteiger partial charge in [-0.3, -0.25) is 14.4 Å². The fourth-order valence-corrected chi connectivity index (χ4v) is 2.22. The van der Waals surface area contributed by atoms with Crippen LogP contribution in [0.3, 0.4) is 0 Å². The average Bonchev–Trinajstić information content (AvgIpc) is 2.62. The first-order chi connectivity index (χ1) is 12.4. The highest BCUT2D eigenvalue weighted by Gasteiger charge is 2.10. The van der Waals surface area contributed by atoms with Crippen LogP contribution in [0.4, 0.5) is 10.1 Å². The van der Waals surface area contributed by atoms with Crippen molar-refractivity contribution in [1.29, 1.82) is 0 Å². The monoisotopic (exact) mass is 377 g/mol. The third-order valence-electron chi connectivity index (χ3n) is 3.50. The largest absolute Gasteiger partial charge is 0.345 e. The number of carbonyl (C=O) groups excluding carboxylic acids is 3. The minimum absolute atomic E-state index is 0.230. The highest BCUT2D eigenvalue weighted by atomic mass is 35.5. The number of nitrogens with one attached hydrogen (secondary N) is 3. The van der Waals surface area contributed by atoms with Crippen molar-refractivity contribution in [3.8, 4) is 0 Å². The molecule has 2 aromatic rings. The Labute approximate surface area is 154 Å². The molecule has 0 saturated heterocycles. The summed E-state index contributed by atoms with van der Waals surface area (Å²) in [5, 5.41) is 7.94. The Hall–Kier alpha value is -2.93. The molecule has 0 aliphatic heterocycles. The Balaban J connectivity index is 1.76. The summed E-state index contributed by atoms with van der Waals surface area (Å²) < 4.78 is 12.8. The summed E-state index contributed by atoms with van der Waals surface area (Å²) in [6, 6.07) is 10.0. The number of benzene rings is 2. The maximum absolute atomic E-state index is 12.8. The highest BCUT2D eigenvalue weighted by molar-refractivity contribution is 6.31. The van der Waals surface area contributed by atoms with Gasteiger partial charge < -0.3 is 16.0 Å². The van der Waals surface area contributed by atoms with Crippen LogP contribution in [-0.4, -0.2) is 30.8 Å². The van der Waals surface area contributed by atoms with Crippen molar-refractivity contribution in [2.24, 2.45) is 0 Å². The molecule has 0 saturated carbocycles. The molecule has 3 amide bonds. The van der Waals surface area contributed by atoms with E-state index in [4.69, 9.17) is 11.6 Å². The lowest BCUT2D eigenvalue weighted by atomic mass is 10.2. The van der Waals surface area contributed by atoms with Crippen LogP contribution >= 0.6 is 11.6 Å². The van der Waals surface area contributed by atoms with E-state index in [-0.39, 0.29) is 18.7 Å². The number of carbonyl (C=O) groups is 3. The third-order valence-corrected chi connectivity index (χ3v) is 3.91. The summed E-state index contributed by atoms with van der Waals surface area (Å²) in [5.74, 6) is -1.92. The lowest BCUT2D eigenvalue weighted by Gasteiger charge is -2.10. The van der Waals surface area contributed by atoms with Crippen molar-refractivity contribution < 1.29 is 18.8 Å². The molecule has 0 unspecified atom stereocenters. The predicted octanol–water partition coefficient (Wildman–Crippen LogP) is 2.27. The molecule has 0 aliphatic carbocycles. The molecule has 0 aliphatic rings. The van der Waals surface area contributed by atoms with Gasteiger partial charge in [-0.1, -0.05) is 17.7 Å². The van der Waals surface area contributed by atoms with Gasteiger partial charge in [0.1, 0.15) is 5.82 Å². The SMILES string of the molecule is Cc1c(Cl)cccc1NC(=O)CNC(=O)CNC(=O)c1ccc(F)cc1. The van der Waals surface area contributed by atoms with Gasteiger partial charge in [0.15, 0.2) is 0 Å². The van der Waals surface area contributed by atoms with E-state index in [0.29, 0.717) is 10.7 Å². The second-order valence-corrected chi connectivity index (χ2v) is 5.83. The van der Waals surface area contributed by atoms with Gasteiger partial charge in [0.2, 0.25) is 11.8 Å². The van der Waals surface area contributed by atoms with E-state index >= 15 is 0 Å². The summed E-state index contributed by atoms with van der Waals surface area (Å²) in [6.45, 7) is 1.21. The van der Waals surface area contributed by atoms with E-state index in [1.807, 2.05) is 0 Å². The molecule has 0 bridgehead atoms. The molecule has 3 N–H and O–H groups in total. The van der Waals surface area contributed by atoms with Gasteiger partial charge in [0, 0.05) is 16.3 Å². The molecule has 6 nitrogen and oxygen atoms in total. The predicted molar refractivity (Wildman–Crippen MR) is 96.6 cm³/mol. The van der Waals surface area contributed by atoms with Crippen LogP contribution in [0.5, 0.6) is 0 Å². The Morgan fingerprint density at radius 3 is 2.31 bits per heavy atom. The molecule has 0 fully saturated rings. The van der Waals surface area contributed by atoms with Crippen LogP contribution in [0.1, 0.15) is 15.9 Å². The molecular weight excluding hydrogens is 361 g/mol. The topological polar surface area (TPSA) is 87.3 Å². The van der Waals surface area contributed by atoms with Crippen LogP contribution in [0, 0.1) is 12.7 Å². The fraction of sp³-hybridized carbons (Fsp3) is 0.167. The Bertz CT molecular complexity index is 825. The van der Waals surface area contributed by atoms with Gasteiger partial charge in [-0.05, 0) is 48.9 Å². The first-order valence-electron chi connectivity index (χ1n) is 7.72. The van der Waals surface area contributed by atoms with Gasteiger partial charge in [-0.2, -0.15) is 0 Å². The number of amides is 3. The van der Waals surface area contributed by atoms with Crippen LogP contribution in [0.15, 0.2) is 42.5 Å². The smallest absolute Gasteiger partial charge is 0.251 e. The molecule has 0 radical (unpaired) electrons. The van der Waals surface area contributed by atoms with E-state index in [9.17, 15) is 18.8 Å². The molecule has 0 heterocycles. The Morgan fingerprint density at radius 2 is 1.62 bits per heavy atom. The first kappa shape index (κ1) is 19.4. The standard InChI is InChI=1S/C18H17ClFN3O3/c1-11-14(19)3-2-4-15(11)23-17(25)10-21-16(24)9-22-18(26)12-5-7-13(20)8-6-12/h2-8H,9-10H2,1H3,(H,21,24)(H,22,26)(H,23,25). The lowest BCUT2D eigenvalue weighted by Crippen LogP contribution is -2.40. The van der Waals surface area contributed by atoms with Crippen molar-refractivity contribution in [3.05, 3.63) is 64.4 Å². The summed E-state index contributed by atoms with van der Waals surface area (Å²) in [7, 11) is 0. The number of anilines is 1. The fourth-order valence-electron chi connectivity index (χ4n) is 2.04. The highest BCUT2D eigenvalue weighted by Crippen LogP contribution is 2.22. The van der Waals surface area contributed by atoms with Gasteiger partial charge in [-0.25, -0.2) is 4.39 Å². The number of hydrogen-bond acceptors (Lipinski definition) is 3. The van der Waals surface area contributed by atoms with Crippen molar-refractivity contribution in [3.63, 3.8) is 0 Å². The molecule has 2 aromatic carbocycles. The molecule has 8 heteroatoms. The molecule has 0 spiro atoms. The zero-order valence-corrected chi connectivity index (χ0v) is 14.7. The normalized spacial score (nSPS) is 10.1. The Kier molecular flexibility index (Phi) is 6.68. The lowest BCUT2D eigenvalue weighted by molar-refractivity contribution is -0.123. The molecule has 2 rings (SSSR count). The summed E-state index contributed by atoms with van der Waals surface area (Å²) >= 11 is 5.97. The molecule has 26 heavy (non-hydrogen) atoms. The second kappa shape index (κ2) is 8.96. The maximum atomic E-state index is 12.8. The molecular formula is C18H17ClFN3O3. The Morgan fingerprint density at radius 1 is 0.962 bits per heavy atom. The minimum Gasteiger partial charge on any atom is -0.345 e. The molecule has 136 valence electrons. The summed E-state index contributed by atoms with van der Waals surface area (Å²) in [5.41, 5.74) is 1.51. The summed E-state index contributed by atoms with van der Waals surface area (Å²) in [4.78, 5) is 35.4. The van der Waals surface area contributed by atoms with Crippen molar-refractivity contribution >= 4 is 35.0 Å². The summed E-state index contributed by atoms with van der Waals surface area (Å²) in [6.07, 6.45) is 0. The number of hydrogen-bond donors (Lipinski definition) is 3. The number of rotatable bonds is 6. The van der Waals surface area contributed by atoms with E-state index in [1.54, 1.807) is 25.1 Å². The number of halogens is 2. The zero-order chi connectivity index (χ0) is 19.1. The second-order valence-electron chi connectivity index (χ2n) is 5.43. The van der Waals surface area contributed by atoms with E-state index in [2.05, 4.69) is 16.0 Å². The van der Waals surface area contributed by atoms with Crippen molar-refractivity contribution in [2.75, 3.05) is 18.4 Å². The van der Waals surface area contributed by atoms with Gasteiger partial charge in [0.05, 0.1) is 13.1 Å². The van der Waals surface area contributed by atoms with Crippen LogP contribution in [-0.2, 0) is 9.59 Å². The van der Waals surface area contributed by atoms with Crippen molar-refractivity contribution in [1.82, 2.24) is 10.6 Å².